The molecule has 2 aromatic carbocycles. The van der Waals surface area contributed by atoms with Crippen molar-refractivity contribution >= 4 is 17.8 Å². The average molecular weight is 394 g/mol. The van der Waals surface area contributed by atoms with E-state index >= 15 is 0 Å². The van der Waals surface area contributed by atoms with Gasteiger partial charge >= 0.3 is 5.97 Å². The molecule has 0 saturated heterocycles. The molecule has 3 rings (SSSR count). The van der Waals surface area contributed by atoms with E-state index in [0.29, 0.717) is 5.56 Å². The number of rotatable bonds is 7. The second kappa shape index (κ2) is 9.87. The summed E-state index contributed by atoms with van der Waals surface area (Å²) in [4.78, 5) is 36.3. The van der Waals surface area contributed by atoms with Gasteiger partial charge in [0.05, 0.1) is 0 Å². The number of amides is 2. The molecule has 1 fully saturated rings. The molecule has 0 unspecified atom stereocenters. The standard InChI is InChI=1S/C23H26N2O4/c1-16(22(27)25-20-9-5-6-10-20)29-21(26)15-24-23(28)19-13-11-18(12-14-19)17-7-3-2-4-8-17/h2-4,7-8,11-14,16,20H,5-6,9-10,15H2,1H3,(H,24,28)(H,25,27)/t16-/m1/s1. The summed E-state index contributed by atoms with van der Waals surface area (Å²) in [7, 11) is 0. The lowest BCUT2D eigenvalue weighted by Crippen LogP contribution is -2.42. The van der Waals surface area contributed by atoms with Crippen molar-refractivity contribution in [1.29, 1.82) is 0 Å². The van der Waals surface area contributed by atoms with E-state index in [0.717, 1.165) is 36.8 Å². The molecule has 6 nitrogen and oxygen atoms in total. The van der Waals surface area contributed by atoms with Crippen LogP contribution in [0.4, 0.5) is 0 Å². The highest BCUT2D eigenvalue weighted by atomic mass is 16.5. The first-order valence-corrected chi connectivity index (χ1v) is 9.96. The number of carbonyl (C=O) groups is 3. The second-order valence-electron chi connectivity index (χ2n) is 7.25. The Bertz CT molecular complexity index is 843. The van der Waals surface area contributed by atoms with Gasteiger partial charge in [0.2, 0.25) is 0 Å². The number of nitrogens with one attached hydrogen (secondary N) is 2. The van der Waals surface area contributed by atoms with Gasteiger partial charge in [-0.3, -0.25) is 14.4 Å². The minimum Gasteiger partial charge on any atom is -0.451 e. The summed E-state index contributed by atoms with van der Waals surface area (Å²) in [6, 6.07) is 17.2. The molecule has 0 aromatic heterocycles. The van der Waals surface area contributed by atoms with Gasteiger partial charge in [0.15, 0.2) is 6.10 Å². The Morgan fingerprint density at radius 2 is 1.59 bits per heavy atom. The quantitative estimate of drug-likeness (QED) is 0.707. The van der Waals surface area contributed by atoms with Crippen molar-refractivity contribution in [2.75, 3.05) is 6.54 Å². The van der Waals surface area contributed by atoms with Gasteiger partial charge in [-0.25, -0.2) is 0 Å². The Morgan fingerprint density at radius 3 is 2.24 bits per heavy atom. The van der Waals surface area contributed by atoms with Crippen molar-refractivity contribution in [3.63, 3.8) is 0 Å². The zero-order valence-corrected chi connectivity index (χ0v) is 16.5. The SMILES string of the molecule is C[C@@H](OC(=O)CNC(=O)c1ccc(-c2ccccc2)cc1)C(=O)NC1CCCC1. The molecule has 0 heterocycles. The van der Waals surface area contributed by atoms with Gasteiger partial charge in [-0.15, -0.1) is 0 Å². The van der Waals surface area contributed by atoms with Crippen LogP contribution in [-0.4, -0.2) is 36.5 Å². The van der Waals surface area contributed by atoms with Crippen molar-refractivity contribution in [3.8, 4) is 11.1 Å². The first kappa shape index (κ1) is 20.6. The molecule has 0 aliphatic heterocycles. The summed E-state index contributed by atoms with van der Waals surface area (Å²) < 4.78 is 5.12. The highest BCUT2D eigenvalue weighted by Crippen LogP contribution is 2.19. The van der Waals surface area contributed by atoms with Crippen molar-refractivity contribution in [3.05, 3.63) is 60.2 Å². The number of hydrogen-bond acceptors (Lipinski definition) is 4. The van der Waals surface area contributed by atoms with E-state index in [1.54, 1.807) is 12.1 Å². The molecule has 152 valence electrons. The maximum absolute atomic E-state index is 12.2. The van der Waals surface area contributed by atoms with Crippen molar-refractivity contribution in [2.24, 2.45) is 0 Å². The second-order valence-corrected chi connectivity index (χ2v) is 7.25. The van der Waals surface area contributed by atoms with Crippen molar-refractivity contribution < 1.29 is 19.1 Å². The first-order valence-electron chi connectivity index (χ1n) is 9.96. The lowest BCUT2D eigenvalue weighted by Gasteiger charge is -2.17. The van der Waals surface area contributed by atoms with E-state index in [1.807, 2.05) is 42.5 Å². The lowest BCUT2D eigenvalue weighted by atomic mass is 10.0. The van der Waals surface area contributed by atoms with Crippen molar-refractivity contribution in [2.45, 2.75) is 44.8 Å². The van der Waals surface area contributed by atoms with E-state index < -0.39 is 12.1 Å². The number of esters is 1. The molecule has 29 heavy (non-hydrogen) atoms. The Kier molecular flexibility index (Phi) is 7.00. The van der Waals surface area contributed by atoms with Crippen LogP contribution in [0.1, 0.15) is 43.0 Å². The van der Waals surface area contributed by atoms with E-state index in [-0.39, 0.29) is 24.4 Å². The number of ether oxygens (including phenoxy) is 1. The topological polar surface area (TPSA) is 84.5 Å². The third-order valence-corrected chi connectivity index (χ3v) is 5.03. The monoisotopic (exact) mass is 394 g/mol. The Hall–Kier alpha value is -3.15. The van der Waals surface area contributed by atoms with Crippen LogP contribution in [0.2, 0.25) is 0 Å². The fourth-order valence-corrected chi connectivity index (χ4v) is 3.38. The van der Waals surface area contributed by atoms with E-state index in [9.17, 15) is 14.4 Å². The van der Waals surface area contributed by atoms with Crippen LogP contribution < -0.4 is 10.6 Å². The predicted octanol–water partition coefficient (Wildman–Crippen LogP) is 3.07. The maximum Gasteiger partial charge on any atom is 0.326 e. The molecule has 2 aromatic rings. The summed E-state index contributed by atoms with van der Waals surface area (Å²) in [6.07, 6.45) is 3.26. The molecule has 2 amide bonds. The van der Waals surface area contributed by atoms with Crippen LogP contribution in [0.15, 0.2) is 54.6 Å². The largest absolute Gasteiger partial charge is 0.451 e. The fraction of sp³-hybridized carbons (Fsp3) is 0.348. The van der Waals surface area contributed by atoms with Gasteiger partial charge in [-0.2, -0.15) is 0 Å². The molecular formula is C23H26N2O4. The van der Waals surface area contributed by atoms with Gasteiger partial charge < -0.3 is 15.4 Å². The molecule has 1 aliphatic carbocycles. The third-order valence-electron chi connectivity index (χ3n) is 5.03. The zero-order valence-electron chi connectivity index (χ0n) is 16.5. The van der Waals surface area contributed by atoms with Gasteiger partial charge in [-0.05, 0) is 43.0 Å². The summed E-state index contributed by atoms with van der Waals surface area (Å²) in [6.45, 7) is 1.24. The van der Waals surface area contributed by atoms with E-state index in [4.69, 9.17) is 4.74 Å². The Labute approximate surface area is 170 Å². The maximum atomic E-state index is 12.2. The zero-order chi connectivity index (χ0) is 20.6. The molecule has 1 saturated carbocycles. The van der Waals surface area contributed by atoms with E-state index in [1.165, 1.54) is 6.92 Å². The molecule has 1 atom stereocenters. The van der Waals surface area contributed by atoms with Crippen LogP contribution in [0.5, 0.6) is 0 Å². The number of benzene rings is 2. The van der Waals surface area contributed by atoms with Crippen LogP contribution in [-0.2, 0) is 14.3 Å². The molecule has 0 radical (unpaired) electrons. The third kappa shape index (κ3) is 5.91. The highest BCUT2D eigenvalue weighted by molar-refractivity contribution is 5.96. The fourth-order valence-electron chi connectivity index (χ4n) is 3.38. The number of carbonyl (C=O) groups excluding carboxylic acids is 3. The Balaban J connectivity index is 1.44. The van der Waals surface area contributed by atoms with Crippen LogP contribution in [0.25, 0.3) is 11.1 Å². The summed E-state index contributed by atoms with van der Waals surface area (Å²) in [5.41, 5.74) is 2.51. The smallest absolute Gasteiger partial charge is 0.326 e. The lowest BCUT2D eigenvalue weighted by molar-refractivity contribution is -0.154. The minimum absolute atomic E-state index is 0.169. The molecule has 1 aliphatic rings. The summed E-state index contributed by atoms with van der Waals surface area (Å²) in [5, 5.41) is 5.42. The average Bonchev–Trinajstić information content (AvgIpc) is 3.25. The molecule has 2 N–H and O–H groups in total. The Morgan fingerprint density at radius 1 is 0.966 bits per heavy atom. The van der Waals surface area contributed by atoms with Crippen molar-refractivity contribution in [1.82, 2.24) is 10.6 Å². The van der Waals surface area contributed by atoms with Gasteiger partial charge in [0, 0.05) is 11.6 Å². The summed E-state index contributed by atoms with van der Waals surface area (Å²) in [5.74, 6) is -1.31. The van der Waals surface area contributed by atoms with Gasteiger partial charge in [0.1, 0.15) is 6.54 Å². The van der Waals surface area contributed by atoms with Gasteiger partial charge in [-0.1, -0.05) is 55.3 Å². The van der Waals surface area contributed by atoms with Gasteiger partial charge in [0.25, 0.3) is 11.8 Å². The molecule has 0 spiro atoms. The first-order chi connectivity index (χ1) is 14.0. The summed E-state index contributed by atoms with van der Waals surface area (Å²) >= 11 is 0. The highest BCUT2D eigenvalue weighted by Gasteiger charge is 2.23. The number of hydrogen-bond donors (Lipinski definition) is 2. The molecule has 6 heteroatoms. The van der Waals surface area contributed by atoms with Crippen LogP contribution >= 0.6 is 0 Å². The molecule has 0 bridgehead atoms. The predicted molar refractivity (Wildman–Crippen MR) is 110 cm³/mol. The molecular weight excluding hydrogens is 368 g/mol. The van der Waals surface area contributed by atoms with Crippen LogP contribution in [0, 0.1) is 0 Å². The van der Waals surface area contributed by atoms with Crippen LogP contribution in [0.3, 0.4) is 0 Å². The minimum atomic E-state index is -0.884. The normalized spacial score (nSPS) is 14.8. The van der Waals surface area contributed by atoms with E-state index in [2.05, 4.69) is 10.6 Å².